The van der Waals surface area contributed by atoms with Crippen LogP contribution in [0.25, 0.3) is 0 Å². The molecule has 0 heterocycles. The molecule has 2 N–H and O–H groups in total. The van der Waals surface area contributed by atoms with Crippen LogP contribution >= 0.6 is 0 Å². The molecule has 9 heavy (non-hydrogen) atoms. The fourth-order valence-corrected chi connectivity index (χ4v) is 1.09. The van der Waals surface area contributed by atoms with Gasteiger partial charge in [0.05, 0.1) is 11.8 Å². The lowest BCUT2D eigenvalue weighted by Gasteiger charge is -2.16. The van der Waals surface area contributed by atoms with Crippen LogP contribution in [-0.2, 0) is 0 Å². The normalized spacial score (nSPS) is 33.0. The second kappa shape index (κ2) is 2.82. The Labute approximate surface area is 54.0 Å². The van der Waals surface area contributed by atoms with Crippen LogP contribution in [0.2, 0.25) is 0 Å². The molecule has 0 aromatic carbocycles. The van der Waals surface area contributed by atoms with E-state index in [9.17, 15) is 0 Å². The van der Waals surface area contributed by atoms with Crippen molar-refractivity contribution in [2.45, 2.75) is 31.8 Å². The highest BCUT2D eigenvalue weighted by molar-refractivity contribution is 5.88. The van der Waals surface area contributed by atoms with Crippen LogP contribution in [0.3, 0.4) is 0 Å². The number of hydrogen-bond acceptors (Lipinski definition) is 3. The van der Waals surface area contributed by atoms with Gasteiger partial charge >= 0.3 is 0 Å². The third-order valence-corrected chi connectivity index (χ3v) is 1.67. The zero-order valence-corrected chi connectivity index (χ0v) is 5.25. The van der Waals surface area contributed by atoms with E-state index in [1.54, 1.807) is 0 Å². The Morgan fingerprint density at radius 1 is 1.44 bits per heavy atom. The number of hydrogen-bond donors (Lipinski definition) is 2. The van der Waals surface area contributed by atoms with Crippen molar-refractivity contribution in [3.05, 3.63) is 0 Å². The van der Waals surface area contributed by atoms with E-state index < -0.39 is 6.10 Å². The predicted molar refractivity (Wildman–Crippen MR) is 33.7 cm³/mol. The van der Waals surface area contributed by atoms with Gasteiger partial charge in [-0.1, -0.05) is 11.6 Å². The van der Waals surface area contributed by atoms with Crippen molar-refractivity contribution in [3.8, 4) is 0 Å². The number of aliphatic hydroxyl groups is 1. The van der Waals surface area contributed by atoms with Crippen LogP contribution in [0.1, 0.15) is 25.7 Å². The Balaban J connectivity index is 2.49. The number of aliphatic hydroxyl groups excluding tert-OH is 1. The highest BCUT2D eigenvalue weighted by Crippen LogP contribution is 2.14. The first-order chi connectivity index (χ1) is 4.34. The molecule has 1 unspecified atom stereocenters. The van der Waals surface area contributed by atoms with Crippen molar-refractivity contribution in [1.29, 1.82) is 0 Å². The maximum absolute atomic E-state index is 9.08. The summed E-state index contributed by atoms with van der Waals surface area (Å²) in [5, 5.41) is 20.4. The van der Waals surface area contributed by atoms with Gasteiger partial charge in [-0.2, -0.15) is 0 Å². The van der Waals surface area contributed by atoms with Crippen molar-refractivity contribution in [2.75, 3.05) is 0 Å². The molecule has 0 bridgehead atoms. The Morgan fingerprint density at radius 3 is 2.67 bits per heavy atom. The van der Waals surface area contributed by atoms with Crippen molar-refractivity contribution in [3.63, 3.8) is 0 Å². The summed E-state index contributed by atoms with van der Waals surface area (Å²) in [6.07, 6.45) is 3.09. The van der Waals surface area contributed by atoms with Gasteiger partial charge in [0.25, 0.3) is 0 Å². The molecule has 1 fully saturated rings. The fourth-order valence-electron chi connectivity index (χ4n) is 1.09. The van der Waals surface area contributed by atoms with Crippen LogP contribution in [-0.4, -0.2) is 22.1 Å². The van der Waals surface area contributed by atoms with Crippen molar-refractivity contribution < 1.29 is 10.3 Å². The minimum absolute atomic E-state index is 0.483. The summed E-state index contributed by atoms with van der Waals surface area (Å²) < 4.78 is 0. The van der Waals surface area contributed by atoms with E-state index in [4.69, 9.17) is 10.3 Å². The van der Waals surface area contributed by atoms with Gasteiger partial charge in [0.2, 0.25) is 0 Å². The zero-order valence-electron chi connectivity index (χ0n) is 5.25. The van der Waals surface area contributed by atoms with E-state index in [2.05, 4.69) is 5.16 Å². The lowest BCUT2D eigenvalue weighted by molar-refractivity contribution is 0.204. The largest absolute Gasteiger partial charge is 0.411 e. The molecule has 52 valence electrons. The highest BCUT2D eigenvalue weighted by atomic mass is 16.4. The van der Waals surface area contributed by atoms with Gasteiger partial charge in [-0.3, -0.25) is 0 Å². The van der Waals surface area contributed by atoms with Gasteiger partial charge in [-0.05, 0) is 19.3 Å². The Morgan fingerprint density at radius 2 is 2.22 bits per heavy atom. The lowest BCUT2D eigenvalue weighted by atomic mass is 9.96. The van der Waals surface area contributed by atoms with Gasteiger partial charge in [-0.15, -0.1) is 0 Å². The predicted octanol–water partition coefficient (Wildman–Crippen LogP) is 0.752. The molecule has 0 aromatic rings. The molecular weight excluding hydrogens is 118 g/mol. The quantitative estimate of drug-likeness (QED) is 0.374. The van der Waals surface area contributed by atoms with E-state index in [0.717, 1.165) is 25.7 Å². The molecule has 0 radical (unpaired) electrons. The first-order valence-electron chi connectivity index (χ1n) is 3.23. The van der Waals surface area contributed by atoms with Gasteiger partial charge in [0.1, 0.15) is 0 Å². The molecule has 0 aromatic heterocycles. The van der Waals surface area contributed by atoms with Crippen molar-refractivity contribution in [1.82, 2.24) is 0 Å². The third-order valence-electron chi connectivity index (χ3n) is 1.67. The maximum Gasteiger partial charge on any atom is 0.0954 e. The van der Waals surface area contributed by atoms with Crippen molar-refractivity contribution in [2.24, 2.45) is 5.16 Å². The maximum atomic E-state index is 9.08. The first kappa shape index (κ1) is 6.55. The first-order valence-corrected chi connectivity index (χ1v) is 3.23. The molecule has 3 nitrogen and oxygen atoms in total. The number of rotatable bonds is 0. The van der Waals surface area contributed by atoms with Crippen LogP contribution in [0, 0.1) is 0 Å². The minimum Gasteiger partial charge on any atom is -0.411 e. The van der Waals surface area contributed by atoms with E-state index in [-0.39, 0.29) is 0 Å². The standard InChI is InChI=1S/C6H11NO2/c8-6-4-2-1-3-5(6)7-9/h6,8-9H,1-4H2. The van der Waals surface area contributed by atoms with Crippen LogP contribution < -0.4 is 0 Å². The second-order valence-corrected chi connectivity index (χ2v) is 2.35. The van der Waals surface area contributed by atoms with E-state index in [1.807, 2.05) is 0 Å². The molecule has 1 aliphatic rings. The average Bonchev–Trinajstić information content (AvgIpc) is 1.89. The van der Waals surface area contributed by atoms with Gasteiger partial charge < -0.3 is 10.3 Å². The summed E-state index contributed by atoms with van der Waals surface area (Å²) in [6.45, 7) is 0. The Kier molecular flexibility index (Phi) is 2.05. The monoisotopic (exact) mass is 129 g/mol. The van der Waals surface area contributed by atoms with Gasteiger partial charge in [0.15, 0.2) is 0 Å². The molecule has 0 aliphatic heterocycles. The second-order valence-electron chi connectivity index (χ2n) is 2.35. The molecule has 0 saturated heterocycles. The lowest BCUT2D eigenvalue weighted by Crippen LogP contribution is -2.24. The summed E-state index contributed by atoms with van der Waals surface area (Å²) in [5.74, 6) is 0. The highest BCUT2D eigenvalue weighted by Gasteiger charge is 2.17. The Hall–Kier alpha value is -0.570. The average molecular weight is 129 g/mol. The smallest absolute Gasteiger partial charge is 0.0954 e. The van der Waals surface area contributed by atoms with E-state index >= 15 is 0 Å². The molecular formula is C6H11NO2. The van der Waals surface area contributed by atoms with Crippen molar-refractivity contribution >= 4 is 5.71 Å². The summed E-state index contributed by atoms with van der Waals surface area (Å²) in [7, 11) is 0. The Bertz CT molecular complexity index is 122. The fraction of sp³-hybridized carbons (Fsp3) is 0.833. The summed E-state index contributed by atoms with van der Waals surface area (Å²) in [4.78, 5) is 0. The number of nitrogens with zero attached hydrogens (tertiary/aromatic N) is 1. The van der Waals surface area contributed by atoms with E-state index in [0.29, 0.717) is 5.71 Å². The SMILES string of the molecule is ON=C1CCCCC1O. The summed E-state index contributed by atoms with van der Waals surface area (Å²) in [6, 6.07) is 0. The minimum atomic E-state index is -0.483. The zero-order chi connectivity index (χ0) is 6.69. The van der Waals surface area contributed by atoms with Crippen LogP contribution in [0.15, 0.2) is 5.16 Å². The summed E-state index contributed by atoms with van der Waals surface area (Å²) >= 11 is 0. The molecule has 1 atom stereocenters. The molecule has 1 rings (SSSR count). The van der Waals surface area contributed by atoms with Crippen LogP contribution in [0.5, 0.6) is 0 Å². The topological polar surface area (TPSA) is 52.8 Å². The molecule has 0 spiro atoms. The summed E-state index contributed by atoms with van der Waals surface area (Å²) in [5.41, 5.74) is 0.543. The van der Waals surface area contributed by atoms with E-state index in [1.165, 1.54) is 0 Å². The van der Waals surface area contributed by atoms with Gasteiger partial charge in [0, 0.05) is 0 Å². The van der Waals surface area contributed by atoms with Gasteiger partial charge in [-0.25, -0.2) is 0 Å². The van der Waals surface area contributed by atoms with Crippen LogP contribution in [0.4, 0.5) is 0 Å². The molecule has 1 saturated carbocycles. The number of oxime groups is 1. The molecule has 3 heteroatoms. The molecule has 1 aliphatic carbocycles. The third kappa shape index (κ3) is 1.42. The molecule has 0 amide bonds.